The van der Waals surface area contributed by atoms with Gasteiger partial charge in [0.1, 0.15) is 17.5 Å². The van der Waals surface area contributed by atoms with Gasteiger partial charge < -0.3 is 0 Å². The molecular weight excluding hydrogens is 216 g/mol. The molecule has 0 bridgehead atoms. The first-order valence-corrected chi connectivity index (χ1v) is 6.54. The maximum absolute atomic E-state index is 11.8. The Labute approximate surface area is 102 Å². The Morgan fingerprint density at radius 2 is 1.88 bits per heavy atom. The Bertz CT molecular complexity index is 343. The third kappa shape index (κ3) is 2.93. The lowest BCUT2D eigenvalue weighted by molar-refractivity contribution is -0.129. The van der Waals surface area contributed by atoms with Crippen molar-refractivity contribution >= 4 is 17.3 Å². The van der Waals surface area contributed by atoms with Crippen molar-refractivity contribution in [2.24, 2.45) is 11.0 Å². The summed E-state index contributed by atoms with van der Waals surface area (Å²) in [6.45, 7) is 3.42. The van der Waals surface area contributed by atoms with Crippen molar-refractivity contribution in [3.05, 3.63) is 0 Å². The number of Topliss-reactive ketones (excluding diaryl/α,β-unsaturated/α-hetero) is 2. The number of hydrogen-bond donors (Lipinski definition) is 0. The summed E-state index contributed by atoms with van der Waals surface area (Å²) in [5, 5.41) is 6.59. The van der Waals surface area contributed by atoms with Crippen LogP contribution in [0.1, 0.15) is 45.4 Å². The highest BCUT2D eigenvalue weighted by molar-refractivity contribution is 6.21. The third-order valence-corrected chi connectivity index (χ3v) is 3.52. The van der Waals surface area contributed by atoms with Crippen LogP contribution < -0.4 is 0 Å². The number of hydrogen-bond acceptors (Lipinski definition) is 4. The largest absolute Gasteiger partial charge is 0.299 e. The lowest BCUT2D eigenvalue weighted by Gasteiger charge is -2.28. The summed E-state index contributed by atoms with van der Waals surface area (Å²) in [4.78, 5) is 23.3. The minimum Gasteiger partial charge on any atom is -0.299 e. The SMILES string of the molecule is CC(=O)C1C(=O)CCC/C1=N\N1CCCCC1. The Balaban J connectivity index is 2.12. The van der Waals surface area contributed by atoms with Gasteiger partial charge in [-0.15, -0.1) is 0 Å². The molecule has 2 rings (SSSR count). The summed E-state index contributed by atoms with van der Waals surface area (Å²) in [5.74, 6) is -0.546. The van der Waals surface area contributed by atoms with Crippen molar-refractivity contribution < 1.29 is 9.59 Å². The van der Waals surface area contributed by atoms with Crippen LogP contribution in [0.4, 0.5) is 0 Å². The maximum atomic E-state index is 11.8. The van der Waals surface area contributed by atoms with Crippen LogP contribution in [-0.2, 0) is 9.59 Å². The maximum Gasteiger partial charge on any atom is 0.149 e. The second-order valence-corrected chi connectivity index (χ2v) is 4.97. The van der Waals surface area contributed by atoms with Crippen LogP contribution in [0.5, 0.6) is 0 Å². The molecule has 0 spiro atoms. The number of nitrogens with zero attached hydrogens (tertiary/aromatic N) is 2. The van der Waals surface area contributed by atoms with Gasteiger partial charge in [-0.1, -0.05) is 0 Å². The predicted molar refractivity (Wildman–Crippen MR) is 65.9 cm³/mol. The van der Waals surface area contributed by atoms with Gasteiger partial charge in [-0.25, -0.2) is 0 Å². The van der Waals surface area contributed by atoms with E-state index in [1.54, 1.807) is 0 Å². The van der Waals surface area contributed by atoms with E-state index >= 15 is 0 Å². The smallest absolute Gasteiger partial charge is 0.149 e. The normalized spacial score (nSPS) is 28.5. The Hall–Kier alpha value is -1.19. The zero-order valence-corrected chi connectivity index (χ0v) is 10.4. The summed E-state index contributed by atoms with van der Waals surface area (Å²) >= 11 is 0. The van der Waals surface area contributed by atoms with Gasteiger partial charge in [0.25, 0.3) is 0 Å². The zero-order chi connectivity index (χ0) is 12.3. The molecule has 0 aromatic rings. The molecule has 1 heterocycles. The van der Waals surface area contributed by atoms with Crippen molar-refractivity contribution in [2.45, 2.75) is 45.4 Å². The van der Waals surface area contributed by atoms with Crippen LogP contribution in [0.15, 0.2) is 5.10 Å². The van der Waals surface area contributed by atoms with E-state index in [2.05, 4.69) is 5.10 Å². The molecular formula is C13H20N2O2. The summed E-state index contributed by atoms with van der Waals surface area (Å²) in [6.07, 6.45) is 5.76. The first-order chi connectivity index (χ1) is 8.18. The van der Waals surface area contributed by atoms with Crippen LogP contribution in [0.3, 0.4) is 0 Å². The van der Waals surface area contributed by atoms with Gasteiger partial charge in [0.05, 0.1) is 5.71 Å². The van der Waals surface area contributed by atoms with Gasteiger partial charge in [0.15, 0.2) is 0 Å². The zero-order valence-electron chi connectivity index (χ0n) is 10.4. The van der Waals surface area contributed by atoms with Gasteiger partial charge in [-0.05, 0) is 39.0 Å². The fraction of sp³-hybridized carbons (Fsp3) is 0.769. The second kappa shape index (κ2) is 5.43. The van der Waals surface area contributed by atoms with Gasteiger partial charge in [0, 0.05) is 19.5 Å². The molecule has 0 aromatic carbocycles. The third-order valence-electron chi connectivity index (χ3n) is 3.52. The molecule has 0 radical (unpaired) electrons. The quantitative estimate of drug-likeness (QED) is 0.687. The number of piperidine rings is 1. The Kier molecular flexibility index (Phi) is 3.92. The Morgan fingerprint density at radius 1 is 1.18 bits per heavy atom. The van der Waals surface area contributed by atoms with E-state index in [1.165, 1.54) is 13.3 Å². The number of ketones is 2. The molecule has 0 N–H and O–H groups in total. The first kappa shape index (κ1) is 12.3. The van der Waals surface area contributed by atoms with Crippen molar-refractivity contribution in [1.82, 2.24) is 5.01 Å². The van der Waals surface area contributed by atoms with Gasteiger partial charge in [-0.3, -0.25) is 14.6 Å². The topological polar surface area (TPSA) is 49.7 Å². The molecule has 1 aliphatic carbocycles. The van der Waals surface area contributed by atoms with Crippen LogP contribution >= 0.6 is 0 Å². The molecule has 1 unspecified atom stereocenters. The minimum atomic E-state index is -0.550. The molecule has 1 atom stereocenters. The number of hydrazone groups is 1. The minimum absolute atomic E-state index is 0.0505. The number of rotatable bonds is 2. The number of carbonyl (C=O) groups excluding carboxylic acids is 2. The van der Waals surface area contributed by atoms with E-state index in [4.69, 9.17) is 0 Å². The lowest BCUT2D eigenvalue weighted by Crippen LogP contribution is -2.36. The monoisotopic (exact) mass is 236 g/mol. The van der Waals surface area contributed by atoms with Crippen molar-refractivity contribution in [3.63, 3.8) is 0 Å². The Morgan fingerprint density at radius 3 is 2.53 bits per heavy atom. The second-order valence-electron chi connectivity index (χ2n) is 4.97. The molecule has 2 aliphatic rings. The van der Waals surface area contributed by atoms with E-state index in [1.807, 2.05) is 5.01 Å². The fourth-order valence-corrected chi connectivity index (χ4v) is 2.65. The van der Waals surface area contributed by atoms with E-state index in [-0.39, 0.29) is 11.6 Å². The summed E-state index contributed by atoms with van der Waals surface area (Å²) in [7, 11) is 0. The first-order valence-electron chi connectivity index (χ1n) is 6.54. The lowest BCUT2D eigenvalue weighted by atomic mass is 9.83. The van der Waals surface area contributed by atoms with E-state index in [0.29, 0.717) is 6.42 Å². The molecule has 94 valence electrons. The molecule has 1 saturated carbocycles. The highest BCUT2D eigenvalue weighted by Crippen LogP contribution is 2.21. The highest BCUT2D eigenvalue weighted by Gasteiger charge is 2.32. The predicted octanol–water partition coefficient (Wildman–Crippen LogP) is 1.79. The average Bonchev–Trinajstić information content (AvgIpc) is 2.30. The van der Waals surface area contributed by atoms with E-state index < -0.39 is 5.92 Å². The summed E-state index contributed by atoms with van der Waals surface area (Å²) in [5.41, 5.74) is 0.802. The van der Waals surface area contributed by atoms with Gasteiger partial charge in [-0.2, -0.15) is 5.10 Å². The molecule has 4 heteroatoms. The molecule has 1 aliphatic heterocycles. The van der Waals surface area contributed by atoms with Gasteiger partial charge in [0.2, 0.25) is 0 Å². The molecule has 0 aromatic heterocycles. The molecule has 1 saturated heterocycles. The van der Waals surface area contributed by atoms with Gasteiger partial charge >= 0.3 is 0 Å². The standard InChI is InChI=1S/C13H20N2O2/c1-10(16)13-11(6-5-7-12(13)17)14-15-8-3-2-4-9-15/h13H,2-9H2,1H3/b14-11+. The number of carbonyl (C=O) groups is 2. The van der Waals surface area contributed by atoms with Crippen LogP contribution in [0.25, 0.3) is 0 Å². The van der Waals surface area contributed by atoms with Crippen LogP contribution in [-0.4, -0.2) is 35.4 Å². The molecule has 4 nitrogen and oxygen atoms in total. The van der Waals surface area contributed by atoms with Crippen LogP contribution in [0, 0.1) is 5.92 Å². The van der Waals surface area contributed by atoms with Crippen LogP contribution in [0.2, 0.25) is 0 Å². The highest BCUT2D eigenvalue weighted by atomic mass is 16.1. The van der Waals surface area contributed by atoms with Crippen molar-refractivity contribution in [2.75, 3.05) is 13.1 Å². The van der Waals surface area contributed by atoms with Crippen molar-refractivity contribution in [1.29, 1.82) is 0 Å². The molecule has 0 amide bonds. The average molecular weight is 236 g/mol. The molecule has 2 fully saturated rings. The van der Waals surface area contributed by atoms with Crippen molar-refractivity contribution in [3.8, 4) is 0 Å². The van der Waals surface area contributed by atoms with E-state index in [0.717, 1.165) is 44.5 Å². The summed E-state index contributed by atoms with van der Waals surface area (Å²) < 4.78 is 0. The molecule has 17 heavy (non-hydrogen) atoms. The van der Waals surface area contributed by atoms with E-state index in [9.17, 15) is 9.59 Å². The summed E-state index contributed by atoms with van der Waals surface area (Å²) in [6, 6.07) is 0. The fourth-order valence-electron chi connectivity index (χ4n) is 2.65.